The van der Waals surface area contributed by atoms with E-state index in [4.69, 9.17) is 21.4 Å². The van der Waals surface area contributed by atoms with Gasteiger partial charge < -0.3 is 20.5 Å². The van der Waals surface area contributed by atoms with E-state index in [-0.39, 0.29) is 13.0 Å². The lowest BCUT2D eigenvalue weighted by molar-refractivity contribution is -0.143. The van der Waals surface area contributed by atoms with E-state index in [1.807, 2.05) is 0 Å². The van der Waals surface area contributed by atoms with Crippen LogP contribution in [0.15, 0.2) is 18.2 Å². The highest BCUT2D eigenvalue weighted by Gasteiger charge is 2.38. The SMILES string of the molecule is COc1ccc(Cl)cc1CC1CNC(=O)CN(C(=O)NC(C)(C)C(=O)O)C1=O. The monoisotopic (exact) mass is 411 g/mol. The number of carbonyl (C=O) groups excluding carboxylic acids is 3. The van der Waals surface area contributed by atoms with Crippen LogP contribution in [-0.2, 0) is 20.8 Å². The number of hydrogen-bond acceptors (Lipinski definition) is 5. The quantitative estimate of drug-likeness (QED) is 0.664. The highest BCUT2D eigenvalue weighted by atomic mass is 35.5. The maximum absolute atomic E-state index is 12.9. The van der Waals surface area contributed by atoms with E-state index in [9.17, 15) is 19.2 Å². The summed E-state index contributed by atoms with van der Waals surface area (Å²) in [6, 6.07) is 4.02. The lowest BCUT2D eigenvalue weighted by Crippen LogP contribution is -2.56. The molecule has 152 valence electrons. The zero-order valence-corrected chi connectivity index (χ0v) is 16.5. The summed E-state index contributed by atoms with van der Waals surface area (Å²) in [5, 5.41) is 14.5. The first-order valence-corrected chi connectivity index (χ1v) is 8.89. The Balaban J connectivity index is 2.26. The molecule has 1 aliphatic rings. The standard InChI is InChI=1S/C18H22ClN3O6/c1-18(2,16(25)26)21-17(27)22-9-14(23)20-8-11(15(22)24)6-10-7-12(19)4-5-13(10)28-3/h4-5,7,11H,6,8-9H2,1-3H3,(H,20,23)(H,21,27)(H,25,26). The molecule has 0 aliphatic carbocycles. The molecule has 1 aromatic carbocycles. The first-order valence-electron chi connectivity index (χ1n) is 8.51. The van der Waals surface area contributed by atoms with Gasteiger partial charge in [-0.25, -0.2) is 9.59 Å². The molecule has 1 unspecified atom stereocenters. The van der Waals surface area contributed by atoms with Crippen LogP contribution in [0, 0.1) is 5.92 Å². The highest BCUT2D eigenvalue weighted by molar-refractivity contribution is 6.30. The van der Waals surface area contributed by atoms with Crippen molar-refractivity contribution in [2.45, 2.75) is 25.8 Å². The normalized spacial score (nSPS) is 17.6. The summed E-state index contributed by atoms with van der Waals surface area (Å²) in [4.78, 5) is 49.4. The summed E-state index contributed by atoms with van der Waals surface area (Å²) in [5.41, 5.74) is -0.957. The number of rotatable bonds is 5. The number of aliphatic carboxylic acids is 1. The van der Waals surface area contributed by atoms with Crippen molar-refractivity contribution in [2.75, 3.05) is 20.2 Å². The molecule has 0 spiro atoms. The number of nitrogens with one attached hydrogen (secondary N) is 2. The number of methoxy groups -OCH3 is 1. The van der Waals surface area contributed by atoms with E-state index < -0.39 is 41.8 Å². The Morgan fingerprint density at radius 2 is 2.07 bits per heavy atom. The van der Waals surface area contributed by atoms with E-state index in [0.717, 1.165) is 4.90 Å². The molecular formula is C18H22ClN3O6. The third-order valence-corrected chi connectivity index (χ3v) is 4.61. The number of hydrogen-bond donors (Lipinski definition) is 3. The van der Waals surface area contributed by atoms with Crippen molar-refractivity contribution in [2.24, 2.45) is 5.92 Å². The van der Waals surface area contributed by atoms with Crippen LogP contribution in [0.1, 0.15) is 19.4 Å². The number of carbonyl (C=O) groups is 4. The Kier molecular flexibility index (Phi) is 6.50. The summed E-state index contributed by atoms with van der Waals surface area (Å²) in [6.45, 7) is 2.09. The third kappa shape index (κ3) is 4.92. The molecule has 1 aliphatic heterocycles. The Morgan fingerprint density at radius 1 is 1.39 bits per heavy atom. The van der Waals surface area contributed by atoms with Gasteiger partial charge in [0.1, 0.15) is 17.8 Å². The second kappa shape index (κ2) is 8.47. The Bertz CT molecular complexity index is 811. The molecule has 9 nitrogen and oxygen atoms in total. The lowest BCUT2D eigenvalue weighted by Gasteiger charge is -2.27. The number of halogens is 1. The van der Waals surface area contributed by atoms with Crippen molar-refractivity contribution in [1.29, 1.82) is 0 Å². The van der Waals surface area contributed by atoms with E-state index in [2.05, 4.69) is 10.6 Å². The molecule has 2 rings (SSSR count). The topological polar surface area (TPSA) is 125 Å². The van der Waals surface area contributed by atoms with Crippen molar-refractivity contribution in [1.82, 2.24) is 15.5 Å². The maximum Gasteiger partial charge on any atom is 0.328 e. The van der Waals surface area contributed by atoms with Crippen LogP contribution in [0.25, 0.3) is 0 Å². The van der Waals surface area contributed by atoms with E-state index >= 15 is 0 Å². The zero-order chi connectivity index (χ0) is 21.1. The molecule has 10 heteroatoms. The van der Waals surface area contributed by atoms with Gasteiger partial charge in [-0.1, -0.05) is 11.6 Å². The van der Waals surface area contributed by atoms with Crippen molar-refractivity contribution >= 4 is 35.4 Å². The molecule has 1 atom stereocenters. The third-order valence-electron chi connectivity index (χ3n) is 4.37. The van der Waals surface area contributed by atoms with Gasteiger partial charge in [0, 0.05) is 11.6 Å². The second-order valence-electron chi connectivity index (χ2n) is 6.95. The minimum atomic E-state index is -1.61. The Morgan fingerprint density at radius 3 is 2.68 bits per heavy atom. The summed E-state index contributed by atoms with van der Waals surface area (Å²) in [6.07, 6.45) is 0.176. The molecule has 0 radical (unpaired) electrons. The predicted octanol–water partition coefficient (Wildman–Crippen LogP) is 1.04. The molecule has 1 saturated heterocycles. The summed E-state index contributed by atoms with van der Waals surface area (Å²) >= 11 is 6.02. The van der Waals surface area contributed by atoms with E-state index in [1.165, 1.54) is 21.0 Å². The highest BCUT2D eigenvalue weighted by Crippen LogP contribution is 2.26. The number of ether oxygens (including phenoxy) is 1. The van der Waals surface area contributed by atoms with Gasteiger partial charge in [-0.15, -0.1) is 0 Å². The van der Waals surface area contributed by atoms with Gasteiger partial charge in [0.15, 0.2) is 0 Å². The Hall–Kier alpha value is -2.81. The number of carboxylic acids is 1. The molecule has 0 aromatic heterocycles. The number of carboxylic acid groups (broad SMARTS) is 1. The largest absolute Gasteiger partial charge is 0.496 e. The molecule has 1 fully saturated rings. The number of amides is 4. The molecule has 0 saturated carbocycles. The minimum absolute atomic E-state index is 0.0272. The molecule has 28 heavy (non-hydrogen) atoms. The summed E-state index contributed by atoms with van der Waals surface area (Å²) in [5.74, 6) is -2.61. The predicted molar refractivity (Wildman–Crippen MR) is 100 cm³/mol. The van der Waals surface area contributed by atoms with Gasteiger partial charge in [0.05, 0.1) is 13.0 Å². The number of urea groups is 1. The molecule has 4 amide bonds. The summed E-state index contributed by atoms with van der Waals surface area (Å²) in [7, 11) is 1.48. The first-order chi connectivity index (χ1) is 13.0. The molecule has 1 heterocycles. The summed E-state index contributed by atoms with van der Waals surface area (Å²) < 4.78 is 5.28. The van der Waals surface area contributed by atoms with Gasteiger partial charge in [-0.2, -0.15) is 0 Å². The van der Waals surface area contributed by atoms with Crippen LogP contribution >= 0.6 is 11.6 Å². The van der Waals surface area contributed by atoms with Crippen LogP contribution in [0.3, 0.4) is 0 Å². The first kappa shape index (κ1) is 21.5. The molecular weight excluding hydrogens is 390 g/mol. The van der Waals surface area contributed by atoms with Crippen molar-refractivity contribution < 1.29 is 29.0 Å². The van der Waals surface area contributed by atoms with Crippen LogP contribution in [0.5, 0.6) is 5.75 Å². The number of nitrogens with zero attached hydrogens (tertiary/aromatic N) is 1. The van der Waals surface area contributed by atoms with Gasteiger partial charge in [-0.3, -0.25) is 14.5 Å². The fourth-order valence-corrected chi connectivity index (χ4v) is 2.91. The average Bonchev–Trinajstić information content (AvgIpc) is 2.75. The average molecular weight is 412 g/mol. The van der Waals surface area contributed by atoms with Gasteiger partial charge in [0.2, 0.25) is 11.8 Å². The zero-order valence-electron chi connectivity index (χ0n) is 15.7. The van der Waals surface area contributed by atoms with Crippen LogP contribution in [0.2, 0.25) is 5.02 Å². The molecule has 1 aromatic rings. The minimum Gasteiger partial charge on any atom is -0.496 e. The second-order valence-corrected chi connectivity index (χ2v) is 7.38. The lowest BCUT2D eigenvalue weighted by atomic mass is 9.97. The Labute approximate surface area is 167 Å². The smallest absolute Gasteiger partial charge is 0.328 e. The van der Waals surface area contributed by atoms with Gasteiger partial charge in [-0.05, 0) is 44.0 Å². The van der Waals surface area contributed by atoms with Gasteiger partial charge in [0.25, 0.3) is 0 Å². The fourth-order valence-electron chi connectivity index (χ4n) is 2.71. The number of benzene rings is 1. The molecule has 0 bridgehead atoms. The van der Waals surface area contributed by atoms with Crippen molar-refractivity contribution in [3.05, 3.63) is 28.8 Å². The van der Waals surface area contributed by atoms with E-state index in [0.29, 0.717) is 16.3 Å². The van der Waals surface area contributed by atoms with Crippen molar-refractivity contribution in [3.63, 3.8) is 0 Å². The fraction of sp³-hybridized carbons (Fsp3) is 0.444. The van der Waals surface area contributed by atoms with Crippen LogP contribution < -0.4 is 15.4 Å². The van der Waals surface area contributed by atoms with Crippen LogP contribution in [0.4, 0.5) is 4.79 Å². The van der Waals surface area contributed by atoms with Gasteiger partial charge >= 0.3 is 12.0 Å². The van der Waals surface area contributed by atoms with E-state index in [1.54, 1.807) is 18.2 Å². The maximum atomic E-state index is 12.9. The van der Waals surface area contributed by atoms with Crippen molar-refractivity contribution in [3.8, 4) is 5.75 Å². The molecule has 3 N–H and O–H groups in total. The number of imide groups is 1. The van der Waals surface area contributed by atoms with Crippen LogP contribution in [-0.4, -0.2) is 59.6 Å².